The van der Waals surface area contributed by atoms with Gasteiger partial charge in [0.15, 0.2) is 17.8 Å². The fourth-order valence-electron chi connectivity index (χ4n) is 3.30. The Bertz CT molecular complexity index is 1040. The predicted molar refractivity (Wildman–Crippen MR) is 151 cm³/mol. The maximum absolute atomic E-state index is 14.9. The molecule has 2 fully saturated rings. The first-order chi connectivity index (χ1) is 19.2. The van der Waals surface area contributed by atoms with Gasteiger partial charge in [-0.3, -0.25) is 19.2 Å². The van der Waals surface area contributed by atoms with Crippen LogP contribution in [-0.2, 0) is 47.6 Å². The molecule has 1 atom stereocenters. The van der Waals surface area contributed by atoms with Crippen LogP contribution in [0.15, 0.2) is 18.2 Å². The van der Waals surface area contributed by atoms with Crippen molar-refractivity contribution >= 4 is 23.9 Å². The van der Waals surface area contributed by atoms with Gasteiger partial charge in [-0.15, -0.1) is 0 Å². The molecule has 2 aliphatic rings. The molecule has 1 aromatic rings. The highest BCUT2D eigenvalue weighted by atomic mass is 19.1. The molecule has 0 saturated carbocycles. The zero-order valence-corrected chi connectivity index (χ0v) is 26.7. The van der Waals surface area contributed by atoms with Crippen LogP contribution < -0.4 is 0 Å². The molecule has 0 N–H and O–H groups in total. The number of ether oxygens (including phenoxy) is 6. The van der Waals surface area contributed by atoms with Gasteiger partial charge in [-0.1, -0.05) is 53.7 Å². The van der Waals surface area contributed by atoms with Crippen molar-refractivity contribution in [3.05, 3.63) is 35.1 Å². The molecule has 2 aliphatic heterocycles. The van der Waals surface area contributed by atoms with Crippen LogP contribution in [0.2, 0.25) is 0 Å². The third-order valence-corrected chi connectivity index (χ3v) is 4.81. The van der Waals surface area contributed by atoms with Crippen LogP contribution >= 0.6 is 0 Å². The number of rotatable bonds is 6. The van der Waals surface area contributed by atoms with E-state index in [0.717, 1.165) is 17.9 Å². The Labute approximate surface area is 248 Å². The van der Waals surface area contributed by atoms with Crippen molar-refractivity contribution < 1.29 is 52.0 Å². The molecule has 42 heavy (non-hydrogen) atoms. The lowest BCUT2D eigenvalue weighted by molar-refractivity contribution is -0.245. The van der Waals surface area contributed by atoms with Crippen LogP contribution in [0, 0.1) is 17.7 Å². The Kier molecular flexibility index (Phi) is 14.1. The number of benzene rings is 1. The van der Waals surface area contributed by atoms with Crippen LogP contribution in [0.1, 0.15) is 106 Å². The van der Waals surface area contributed by atoms with Crippen molar-refractivity contribution in [3.63, 3.8) is 0 Å². The summed E-state index contributed by atoms with van der Waals surface area (Å²) in [4.78, 5) is 49.4. The van der Waals surface area contributed by atoms with Gasteiger partial charge < -0.3 is 28.4 Å². The Morgan fingerprint density at radius 2 is 1.29 bits per heavy atom. The molecule has 0 radical (unpaired) electrons. The van der Waals surface area contributed by atoms with Crippen LogP contribution in [0.4, 0.5) is 4.39 Å². The smallest absolute Gasteiger partial charge is 0.325 e. The van der Waals surface area contributed by atoms with Crippen molar-refractivity contribution in [3.8, 4) is 0 Å². The molecule has 0 spiro atoms. The van der Waals surface area contributed by atoms with E-state index in [1.807, 2.05) is 0 Å². The Hall–Kier alpha value is -3.05. The van der Waals surface area contributed by atoms with Gasteiger partial charge >= 0.3 is 23.9 Å². The molecular formula is C31H47FO10. The third kappa shape index (κ3) is 12.9. The molecule has 11 heteroatoms. The van der Waals surface area contributed by atoms with E-state index < -0.39 is 65.8 Å². The topological polar surface area (TPSA) is 124 Å². The number of cyclic esters (lactones) is 2. The SMILES string of the molecule is CC(C)(C)OC(=O)C(C(=O)OC(C)(C)C1OC(=O)CC(=O)O1)c1ccc(C2OCCO2)c(F)c1.CC(C)C.CC(C)C. The molecular weight excluding hydrogens is 551 g/mol. The number of hydrogen-bond acceptors (Lipinski definition) is 10. The van der Waals surface area contributed by atoms with E-state index in [4.69, 9.17) is 28.4 Å². The fourth-order valence-corrected chi connectivity index (χ4v) is 3.30. The molecule has 0 bridgehead atoms. The number of halogens is 1. The van der Waals surface area contributed by atoms with E-state index in [-0.39, 0.29) is 11.1 Å². The first-order valence-electron chi connectivity index (χ1n) is 14.1. The molecule has 0 amide bonds. The summed E-state index contributed by atoms with van der Waals surface area (Å²) in [5, 5.41) is 0. The maximum Gasteiger partial charge on any atom is 0.325 e. The molecule has 1 aromatic carbocycles. The summed E-state index contributed by atoms with van der Waals surface area (Å²) in [5.41, 5.74) is -2.54. The zero-order chi connectivity index (χ0) is 32.4. The highest BCUT2D eigenvalue weighted by molar-refractivity contribution is 6.01. The van der Waals surface area contributed by atoms with Gasteiger partial charge in [-0.05, 0) is 58.1 Å². The predicted octanol–water partition coefficient (Wildman–Crippen LogP) is 5.76. The normalized spacial score (nSPS) is 16.9. The van der Waals surface area contributed by atoms with Crippen LogP contribution in [0.25, 0.3) is 0 Å². The highest BCUT2D eigenvalue weighted by Gasteiger charge is 2.46. The van der Waals surface area contributed by atoms with Gasteiger partial charge in [-0.25, -0.2) is 4.39 Å². The maximum atomic E-state index is 14.9. The van der Waals surface area contributed by atoms with Gasteiger partial charge in [0, 0.05) is 5.56 Å². The minimum atomic E-state index is -1.68. The Balaban J connectivity index is 0.000000978. The van der Waals surface area contributed by atoms with Gasteiger partial charge in [-0.2, -0.15) is 0 Å². The van der Waals surface area contributed by atoms with Crippen molar-refractivity contribution in [2.24, 2.45) is 11.8 Å². The molecule has 0 aliphatic carbocycles. The lowest BCUT2D eigenvalue weighted by Gasteiger charge is -2.35. The molecule has 1 unspecified atom stereocenters. The minimum Gasteiger partial charge on any atom is -0.459 e. The number of carbonyl (C=O) groups is 4. The summed E-state index contributed by atoms with van der Waals surface area (Å²) >= 11 is 0. The Morgan fingerprint density at radius 1 is 0.833 bits per heavy atom. The second-order valence-corrected chi connectivity index (χ2v) is 12.8. The zero-order valence-electron chi connectivity index (χ0n) is 26.7. The van der Waals surface area contributed by atoms with Gasteiger partial charge in [0.05, 0.1) is 13.2 Å². The lowest BCUT2D eigenvalue weighted by Crippen LogP contribution is -2.50. The largest absolute Gasteiger partial charge is 0.459 e. The second-order valence-electron chi connectivity index (χ2n) is 12.8. The van der Waals surface area contributed by atoms with E-state index >= 15 is 0 Å². The summed E-state index contributed by atoms with van der Waals surface area (Å²) in [6.45, 7) is 21.1. The molecule has 2 heterocycles. The van der Waals surface area contributed by atoms with E-state index in [0.29, 0.717) is 13.2 Å². The Morgan fingerprint density at radius 3 is 1.71 bits per heavy atom. The molecule has 238 valence electrons. The average molecular weight is 599 g/mol. The number of esters is 4. The molecule has 10 nitrogen and oxygen atoms in total. The summed E-state index contributed by atoms with van der Waals surface area (Å²) in [5.74, 6) is -4.54. The fraction of sp³-hybridized carbons (Fsp3) is 0.677. The summed E-state index contributed by atoms with van der Waals surface area (Å²) < 4.78 is 46.2. The first kappa shape index (κ1) is 37.0. The van der Waals surface area contributed by atoms with Crippen molar-refractivity contribution in [2.45, 2.75) is 112 Å². The lowest BCUT2D eigenvalue weighted by atomic mass is 9.96. The number of carbonyl (C=O) groups excluding carboxylic acids is 4. The van der Waals surface area contributed by atoms with Crippen LogP contribution in [0.5, 0.6) is 0 Å². The van der Waals surface area contributed by atoms with Crippen molar-refractivity contribution in [1.29, 1.82) is 0 Å². The highest BCUT2D eigenvalue weighted by Crippen LogP contribution is 2.32. The van der Waals surface area contributed by atoms with Crippen molar-refractivity contribution in [1.82, 2.24) is 0 Å². The number of hydrogen-bond donors (Lipinski definition) is 0. The quantitative estimate of drug-likeness (QED) is 0.227. The van der Waals surface area contributed by atoms with E-state index in [2.05, 4.69) is 41.5 Å². The summed E-state index contributed by atoms with van der Waals surface area (Å²) in [6, 6.07) is 3.72. The molecule has 0 aromatic heterocycles. The van der Waals surface area contributed by atoms with E-state index in [9.17, 15) is 23.6 Å². The van der Waals surface area contributed by atoms with E-state index in [1.165, 1.54) is 26.0 Å². The van der Waals surface area contributed by atoms with Gasteiger partial charge in [0.1, 0.15) is 17.8 Å². The first-order valence-corrected chi connectivity index (χ1v) is 14.1. The average Bonchev–Trinajstić information content (AvgIpc) is 3.31. The summed E-state index contributed by atoms with van der Waals surface area (Å²) in [7, 11) is 0. The standard InChI is InChI=1S/C23H27FO10.2C4H10/c1-22(2,3)33-18(27)17(12-6-7-13(14(24)10-12)20-29-8-9-30-20)19(28)34-23(4,5)21-31-15(25)11-16(26)32-21;2*1-4(2)3/h6-7,10,17,20-21H,8-9,11H2,1-5H3;2*4H,1-3H3. The van der Waals surface area contributed by atoms with Gasteiger partial charge in [0.25, 0.3) is 6.29 Å². The van der Waals surface area contributed by atoms with Gasteiger partial charge in [0.2, 0.25) is 0 Å². The van der Waals surface area contributed by atoms with E-state index in [1.54, 1.807) is 20.8 Å². The minimum absolute atomic E-state index is 0.0352. The third-order valence-electron chi connectivity index (χ3n) is 4.81. The van der Waals surface area contributed by atoms with Crippen LogP contribution in [0.3, 0.4) is 0 Å². The van der Waals surface area contributed by atoms with Crippen LogP contribution in [-0.4, -0.2) is 54.6 Å². The summed E-state index contributed by atoms with van der Waals surface area (Å²) in [6.07, 6.45) is -2.99. The van der Waals surface area contributed by atoms with Crippen molar-refractivity contribution in [2.75, 3.05) is 13.2 Å². The molecule has 2 saturated heterocycles. The molecule has 3 rings (SSSR count). The second kappa shape index (κ2) is 16.0. The monoisotopic (exact) mass is 598 g/mol.